The van der Waals surface area contributed by atoms with E-state index in [-0.39, 0.29) is 0 Å². The lowest BCUT2D eigenvalue weighted by atomic mass is 10.2. The standard InChI is InChI=1S/C14H16NP/c16-15(11-13-7-3-1-4-8-13)12-14-9-5-2-6-10-14/h1-10H,11-12,16H2. The van der Waals surface area contributed by atoms with Crippen LogP contribution in [-0.4, -0.2) is 4.67 Å². The van der Waals surface area contributed by atoms with Crippen LogP contribution >= 0.6 is 9.39 Å². The Morgan fingerprint density at radius 1 is 0.688 bits per heavy atom. The quantitative estimate of drug-likeness (QED) is 0.725. The summed E-state index contributed by atoms with van der Waals surface area (Å²) in [7, 11) is 2.79. The van der Waals surface area contributed by atoms with Gasteiger partial charge in [-0.05, 0) is 11.1 Å². The van der Waals surface area contributed by atoms with Gasteiger partial charge in [-0.1, -0.05) is 70.1 Å². The van der Waals surface area contributed by atoms with Gasteiger partial charge >= 0.3 is 0 Å². The number of hydrogen-bond donors (Lipinski definition) is 0. The first kappa shape index (κ1) is 11.3. The van der Waals surface area contributed by atoms with Crippen LogP contribution in [-0.2, 0) is 13.1 Å². The Bertz CT molecular complexity index is 372. The lowest BCUT2D eigenvalue weighted by Gasteiger charge is -2.16. The summed E-state index contributed by atoms with van der Waals surface area (Å²) in [5.74, 6) is 0. The largest absolute Gasteiger partial charge is 0.279 e. The molecule has 2 aromatic carbocycles. The first-order chi connectivity index (χ1) is 7.84. The summed E-state index contributed by atoms with van der Waals surface area (Å²) in [5.41, 5.74) is 2.68. The molecule has 16 heavy (non-hydrogen) atoms. The van der Waals surface area contributed by atoms with Crippen molar-refractivity contribution in [3.63, 3.8) is 0 Å². The predicted octanol–water partition coefficient (Wildman–Crippen LogP) is 3.48. The molecule has 2 heteroatoms. The van der Waals surface area contributed by atoms with E-state index in [0.29, 0.717) is 0 Å². The van der Waals surface area contributed by atoms with Gasteiger partial charge in [0.1, 0.15) is 0 Å². The monoisotopic (exact) mass is 229 g/mol. The molecule has 0 spiro atoms. The molecule has 2 rings (SSSR count). The fourth-order valence-electron chi connectivity index (χ4n) is 1.69. The fraction of sp³-hybridized carbons (Fsp3) is 0.143. The highest BCUT2D eigenvalue weighted by atomic mass is 31.0. The Morgan fingerprint density at radius 2 is 1.06 bits per heavy atom. The van der Waals surface area contributed by atoms with Crippen LogP contribution in [0.15, 0.2) is 60.7 Å². The molecule has 0 aromatic heterocycles. The molecule has 2 aromatic rings. The maximum atomic E-state index is 2.79. The van der Waals surface area contributed by atoms with Crippen LogP contribution in [0.5, 0.6) is 0 Å². The number of nitrogens with zero attached hydrogens (tertiary/aromatic N) is 1. The molecule has 0 N–H and O–H groups in total. The van der Waals surface area contributed by atoms with Crippen molar-refractivity contribution >= 4 is 9.39 Å². The summed E-state index contributed by atoms with van der Waals surface area (Å²) in [5, 5.41) is 0. The van der Waals surface area contributed by atoms with E-state index in [2.05, 4.69) is 62.6 Å². The molecule has 0 heterocycles. The van der Waals surface area contributed by atoms with E-state index in [9.17, 15) is 0 Å². The lowest BCUT2D eigenvalue weighted by Crippen LogP contribution is -2.10. The number of rotatable bonds is 4. The second-order valence-corrected chi connectivity index (χ2v) is 4.61. The Kier molecular flexibility index (Phi) is 4.10. The molecule has 0 amide bonds. The van der Waals surface area contributed by atoms with Crippen molar-refractivity contribution in [1.82, 2.24) is 4.67 Å². The van der Waals surface area contributed by atoms with Crippen molar-refractivity contribution in [2.75, 3.05) is 0 Å². The molecule has 82 valence electrons. The van der Waals surface area contributed by atoms with Gasteiger partial charge in [0.15, 0.2) is 0 Å². The minimum Gasteiger partial charge on any atom is -0.279 e. The van der Waals surface area contributed by atoms with Crippen LogP contribution in [0.1, 0.15) is 11.1 Å². The third kappa shape index (κ3) is 3.44. The summed E-state index contributed by atoms with van der Waals surface area (Å²) in [4.78, 5) is 0. The van der Waals surface area contributed by atoms with Crippen LogP contribution < -0.4 is 0 Å². The van der Waals surface area contributed by atoms with Crippen LogP contribution in [0.25, 0.3) is 0 Å². The number of benzene rings is 2. The summed E-state index contributed by atoms with van der Waals surface area (Å²) in [6.07, 6.45) is 0. The molecule has 0 bridgehead atoms. The summed E-state index contributed by atoms with van der Waals surface area (Å²) in [6.45, 7) is 1.92. The van der Waals surface area contributed by atoms with Crippen molar-refractivity contribution < 1.29 is 0 Å². The van der Waals surface area contributed by atoms with Crippen molar-refractivity contribution in [3.05, 3.63) is 71.8 Å². The molecule has 0 radical (unpaired) electrons. The fourth-order valence-corrected chi connectivity index (χ4v) is 2.11. The van der Waals surface area contributed by atoms with Gasteiger partial charge in [0, 0.05) is 13.1 Å². The van der Waals surface area contributed by atoms with Gasteiger partial charge in [0.25, 0.3) is 0 Å². The van der Waals surface area contributed by atoms with Gasteiger partial charge in [-0.15, -0.1) is 0 Å². The zero-order valence-corrected chi connectivity index (χ0v) is 10.4. The Morgan fingerprint density at radius 3 is 1.44 bits per heavy atom. The topological polar surface area (TPSA) is 3.24 Å². The average molecular weight is 229 g/mol. The molecular formula is C14H16NP. The minimum absolute atomic E-state index is 0.959. The molecule has 0 aliphatic rings. The lowest BCUT2D eigenvalue weighted by molar-refractivity contribution is 0.461. The zero-order chi connectivity index (χ0) is 11.2. The van der Waals surface area contributed by atoms with Gasteiger partial charge < -0.3 is 0 Å². The predicted molar refractivity (Wildman–Crippen MR) is 71.8 cm³/mol. The molecule has 1 unspecified atom stereocenters. The van der Waals surface area contributed by atoms with Crippen molar-refractivity contribution in [1.29, 1.82) is 0 Å². The Balaban J connectivity index is 1.92. The third-order valence-electron chi connectivity index (χ3n) is 2.46. The van der Waals surface area contributed by atoms with E-state index in [1.54, 1.807) is 0 Å². The SMILES string of the molecule is PN(Cc1ccccc1)Cc1ccccc1. The Labute approximate surface area is 99.4 Å². The van der Waals surface area contributed by atoms with E-state index in [4.69, 9.17) is 0 Å². The molecule has 0 saturated carbocycles. The second-order valence-electron chi connectivity index (χ2n) is 3.88. The molecule has 0 aliphatic carbocycles. The molecule has 0 saturated heterocycles. The van der Waals surface area contributed by atoms with Crippen LogP contribution in [0, 0.1) is 0 Å². The van der Waals surface area contributed by atoms with E-state index in [0.717, 1.165) is 13.1 Å². The van der Waals surface area contributed by atoms with E-state index in [1.807, 2.05) is 12.1 Å². The van der Waals surface area contributed by atoms with E-state index in [1.165, 1.54) is 11.1 Å². The first-order valence-corrected chi connectivity index (χ1v) is 5.94. The molecule has 1 nitrogen and oxygen atoms in total. The van der Waals surface area contributed by atoms with Crippen molar-refractivity contribution in [2.45, 2.75) is 13.1 Å². The maximum absolute atomic E-state index is 2.79. The number of hydrogen-bond acceptors (Lipinski definition) is 1. The minimum atomic E-state index is 0.959. The summed E-state index contributed by atoms with van der Waals surface area (Å²) in [6, 6.07) is 21.0. The highest BCUT2D eigenvalue weighted by Gasteiger charge is 2.00. The highest BCUT2D eigenvalue weighted by Crippen LogP contribution is 2.13. The van der Waals surface area contributed by atoms with Gasteiger partial charge in [-0.25, -0.2) is 0 Å². The molecular weight excluding hydrogens is 213 g/mol. The van der Waals surface area contributed by atoms with E-state index >= 15 is 0 Å². The average Bonchev–Trinajstić information content (AvgIpc) is 2.31. The van der Waals surface area contributed by atoms with E-state index < -0.39 is 0 Å². The van der Waals surface area contributed by atoms with Gasteiger partial charge in [0.05, 0.1) is 0 Å². The van der Waals surface area contributed by atoms with Crippen LogP contribution in [0.3, 0.4) is 0 Å². The molecule has 1 atom stereocenters. The molecule has 0 fully saturated rings. The van der Waals surface area contributed by atoms with Gasteiger partial charge in [0.2, 0.25) is 0 Å². The van der Waals surface area contributed by atoms with Crippen LogP contribution in [0.2, 0.25) is 0 Å². The van der Waals surface area contributed by atoms with Crippen molar-refractivity contribution in [2.24, 2.45) is 0 Å². The highest BCUT2D eigenvalue weighted by molar-refractivity contribution is 7.13. The zero-order valence-electron chi connectivity index (χ0n) is 9.21. The summed E-state index contributed by atoms with van der Waals surface area (Å²) >= 11 is 0. The van der Waals surface area contributed by atoms with Crippen LogP contribution in [0.4, 0.5) is 0 Å². The molecule has 0 aliphatic heterocycles. The third-order valence-corrected chi connectivity index (χ3v) is 2.82. The van der Waals surface area contributed by atoms with Crippen molar-refractivity contribution in [3.8, 4) is 0 Å². The van der Waals surface area contributed by atoms with Gasteiger partial charge in [-0.3, -0.25) is 4.67 Å². The summed E-state index contributed by atoms with van der Waals surface area (Å²) < 4.78 is 2.24. The van der Waals surface area contributed by atoms with Gasteiger partial charge in [-0.2, -0.15) is 0 Å². The second kappa shape index (κ2) is 5.79. The smallest absolute Gasteiger partial charge is 0.0271 e. The normalized spacial score (nSPS) is 10.6. The Hall–Kier alpha value is -1.17. The first-order valence-electron chi connectivity index (χ1n) is 5.42. The maximum Gasteiger partial charge on any atom is 0.0271 e.